The highest BCUT2D eigenvalue weighted by Gasteiger charge is 2.49. The van der Waals surface area contributed by atoms with Crippen molar-refractivity contribution in [2.24, 2.45) is 0 Å². The van der Waals surface area contributed by atoms with Crippen LogP contribution in [0, 0.1) is 0 Å². The number of amides is 1. The highest BCUT2D eigenvalue weighted by atomic mass is 16.5. The van der Waals surface area contributed by atoms with Gasteiger partial charge in [-0.1, -0.05) is 24.3 Å². The Morgan fingerprint density at radius 1 is 1.12 bits per heavy atom. The molecule has 0 spiro atoms. The van der Waals surface area contributed by atoms with Crippen molar-refractivity contribution in [2.75, 3.05) is 14.2 Å². The SMILES string of the molecule is COc1ccc(C(O)C2(O)CCC(=O)N2Cc2cccc(OC)c2)cc1. The number of rotatable bonds is 6. The van der Waals surface area contributed by atoms with Crippen LogP contribution in [0.25, 0.3) is 0 Å². The van der Waals surface area contributed by atoms with E-state index in [1.165, 1.54) is 4.90 Å². The van der Waals surface area contributed by atoms with Gasteiger partial charge in [-0.25, -0.2) is 0 Å². The lowest BCUT2D eigenvalue weighted by Gasteiger charge is -2.37. The van der Waals surface area contributed by atoms with E-state index in [2.05, 4.69) is 0 Å². The molecule has 2 N–H and O–H groups in total. The van der Waals surface area contributed by atoms with Crippen molar-refractivity contribution in [1.29, 1.82) is 0 Å². The average Bonchev–Trinajstić information content (AvgIpc) is 2.97. The van der Waals surface area contributed by atoms with E-state index in [-0.39, 0.29) is 25.3 Å². The summed E-state index contributed by atoms with van der Waals surface area (Å²) in [6.45, 7) is 0.194. The van der Waals surface area contributed by atoms with Gasteiger partial charge in [0, 0.05) is 19.4 Å². The minimum absolute atomic E-state index is 0.170. The molecule has 0 aliphatic carbocycles. The van der Waals surface area contributed by atoms with Crippen LogP contribution in [0.15, 0.2) is 48.5 Å². The summed E-state index contributed by atoms with van der Waals surface area (Å²) in [5.74, 6) is 1.14. The molecule has 0 radical (unpaired) electrons. The van der Waals surface area contributed by atoms with E-state index in [0.717, 1.165) is 5.56 Å². The van der Waals surface area contributed by atoms with Gasteiger partial charge in [0.25, 0.3) is 0 Å². The van der Waals surface area contributed by atoms with Gasteiger partial charge in [-0.2, -0.15) is 0 Å². The van der Waals surface area contributed by atoms with Crippen molar-refractivity contribution in [3.8, 4) is 11.5 Å². The monoisotopic (exact) mass is 357 g/mol. The van der Waals surface area contributed by atoms with Crippen LogP contribution in [0.2, 0.25) is 0 Å². The van der Waals surface area contributed by atoms with Crippen LogP contribution < -0.4 is 9.47 Å². The van der Waals surface area contributed by atoms with E-state index in [9.17, 15) is 15.0 Å². The smallest absolute Gasteiger partial charge is 0.225 e. The Bertz CT molecular complexity index is 776. The molecule has 1 fully saturated rings. The average molecular weight is 357 g/mol. The van der Waals surface area contributed by atoms with Crippen LogP contribution in [-0.4, -0.2) is 41.0 Å². The number of hydrogen-bond acceptors (Lipinski definition) is 5. The lowest BCUT2D eigenvalue weighted by atomic mass is 9.96. The molecule has 1 aliphatic rings. The molecule has 138 valence electrons. The van der Waals surface area contributed by atoms with Gasteiger partial charge < -0.3 is 24.6 Å². The summed E-state index contributed by atoms with van der Waals surface area (Å²) in [6.07, 6.45) is -0.859. The number of methoxy groups -OCH3 is 2. The Labute approximate surface area is 152 Å². The quantitative estimate of drug-likeness (QED) is 0.829. The summed E-state index contributed by atoms with van der Waals surface area (Å²) < 4.78 is 10.3. The topological polar surface area (TPSA) is 79.2 Å². The molecule has 6 heteroatoms. The van der Waals surface area contributed by atoms with Crippen molar-refractivity contribution in [1.82, 2.24) is 4.90 Å². The Morgan fingerprint density at radius 2 is 1.81 bits per heavy atom. The molecule has 2 unspecified atom stereocenters. The van der Waals surface area contributed by atoms with E-state index in [4.69, 9.17) is 9.47 Å². The molecule has 2 aromatic rings. The lowest BCUT2D eigenvalue weighted by molar-refractivity contribution is -0.177. The normalized spacial score (nSPS) is 20.9. The van der Waals surface area contributed by atoms with Gasteiger partial charge in [0.1, 0.15) is 17.6 Å². The lowest BCUT2D eigenvalue weighted by Crippen LogP contribution is -2.49. The van der Waals surface area contributed by atoms with Gasteiger partial charge in [-0.15, -0.1) is 0 Å². The maximum absolute atomic E-state index is 12.4. The molecule has 0 aromatic heterocycles. The molecular formula is C20H23NO5. The fourth-order valence-electron chi connectivity index (χ4n) is 3.29. The van der Waals surface area contributed by atoms with Gasteiger partial charge in [0.05, 0.1) is 14.2 Å². The van der Waals surface area contributed by atoms with E-state index >= 15 is 0 Å². The number of likely N-dealkylation sites (tertiary alicyclic amines) is 1. The molecule has 1 amide bonds. The molecule has 3 rings (SSSR count). The Balaban J connectivity index is 1.86. The summed E-state index contributed by atoms with van der Waals surface area (Å²) in [7, 11) is 3.13. The maximum atomic E-state index is 12.4. The second kappa shape index (κ2) is 7.35. The Kier molecular flexibility index (Phi) is 5.15. The van der Waals surface area contributed by atoms with Crippen LogP contribution in [0.5, 0.6) is 11.5 Å². The Morgan fingerprint density at radius 3 is 2.46 bits per heavy atom. The van der Waals surface area contributed by atoms with Crippen LogP contribution in [0.3, 0.4) is 0 Å². The maximum Gasteiger partial charge on any atom is 0.225 e. The van der Waals surface area contributed by atoms with E-state index in [1.807, 2.05) is 24.3 Å². The van der Waals surface area contributed by atoms with Crippen LogP contribution in [0.1, 0.15) is 30.1 Å². The molecule has 1 heterocycles. The predicted molar refractivity (Wildman–Crippen MR) is 95.7 cm³/mol. The molecule has 0 bridgehead atoms. The third-order valence-electron chi connectivity index (χ3n) is 4.82. The summed E-state index contributed by atoms with van der Waals surface area (Å²) in [4.78, 5) is 13.7. The van der Waals surface area contributed by atoms with Gasteiger partial charge >= 0.3 is 0 Å². The summed E-state index contributed by atoms with van der Waals surface area (Å²) >= 11 is 0. The van der Waals surface area contributed by atoms with Crippen LogP contribution >= 0.6 is 0 Å². The van der Waals surface area contributed by atoms with E-state index in [0.29, 0.717) is 17.1 Å². The van der Waals surface area contributed by atoms with E-state index in [1.54, 1.807) is 38.5 Å². The number of nitrogens with zero attached hydrogens (tertiary/aromatic N) is 1. The van der Waals surface area contributed by atoms with Gasteiger partial charge in [-0.05, 0) is 35.4 Å². The molecule has 2 aromatic carbocycles. The number of aliphatic hydroxyl groups excluding tert-OH is 1. The van der Waals surface area contributed by atoms with Gasteiger partial charge in [0.15, 0.2) is 5.72 Å². The predicted octanol–water partition coefficient (Wildman–Crippen LogP) is 2.25. The highest BCUT2D eigenvalue weighted by molar-refractivity contribution is 5.79. The number of aliphatic hydroxyl groups is 2. The first kappa shape index (κ1) is 18.2. The zero-order valence-corrected chi connectivity index (χ0v) is 14.9. The number of benzene rings is 2. The number of ether oxygens (including phenoxy) is 2. The third kappa shape index (κ3) is 3.38. The van der Waals surface area contributed by atoms with Crippen LogP contribution in [0.4, 0.5) is 0 Å². The van der Waals surface area contributed by atoms with Crippen molar-refractivity contribution < 1.29 is 24.5 Å². The fraction of sp³-hybridized carbons (Fsp3) is 0.350. The second-order valence-corrected chi connectivity index (χ2v) is 6.39. The van der Waals surface area contributed by atoms with E-state index < -0.39 is 11.8 Å². The molecule has 6 nitrogen and oxygen atoms in total. The fourth-order valence-corrected chi connectivity index (χ4v) is 3.29. The van der Waals surface area contributed by atoms with Crippen molar-refractivity contribution in [3.05, 3.63) is 59.7 Å². The second-order valence-electron chi connectivity index (χ2n) is 6.39. The van der Waals surface area contributed by atoms with Gasteiger partial charge in [0.2, 0.25) is 5.91 Å². The first-order valence-electron chi connectivity index (χ1n) is 8.45. The summed E-state index contributed by atoms with van der Waals surface area (Å²) in [5, 5.41) is 22.0. The molecule has 2 atom stereocenters. The number of carbonyl (C=O) groups excluding carboxylic acids is 1. The number of hydrogen-bond donors (Lipinski definition) is 2. The molecule has 0 saturated carbocycles. The summed E-state index contributed by atoms with van der Waals surface area (Å²) in [5.41, 5.74) is -0.312. The molecular weight excluding hydrogens is 334 g/mol. The molecule has 1 saturated heterocycles. The van der Waals surface area contributed by atoms with Crippen molar-refractivity contribution in [3.63, 3.8) is 0 Å². The largest absolute Gasteiger partial charge is 0.497 e. The highest BCUT2D eigenvalue weighted by Crippen LogP contribution is 2.40. The first-order valence-corrected chi connectivity index (χ1v) is 8.45. The zero-order chi connectivity index (χ0) is 18.7. The standard InChI is InChI=1S/C20H23NO5/c1-25-16-8-6-15(7-9-16)19(23)20(24)11-10-18(22)21(20)13-14-4-3-5-17(12-14)26-2/h3-9,12,19,23-24H,10-11,13H2,1-2H3. The zero-order valence-electron chi connectivity index (χ0n) is 14.9. The third-order valence-corrected chi connectivity index (χ3v) is 4.82. The van der Waals surface area contributed by atoms with Crippen LogP contribution in [-0.2, 0) is 11.3 Å². The van der Waals surface area contributed by atoms with Crippen molar-refractivity contribution >= 4 is 5.91 Å². The molecule has 1 aliphatic heterocycles. The van der Waals surface area contributed by atoms with Crippen molar-refractivity contribution in [2.45, 2.75) is 31.2 Å². The summed E-state index contributed by atoms with van der Waals surface area (Å²) in [6, 6.07) is 14.1. The first-order chi connectivity index (χ1) is 12.5. The minimum atomic E-state index is -1.66. The minimum Gasteiger partial charge on any atom is -0.497 e. The van der Waals surface area contributed by atoms with Gasteiger partial charge in [-0.3, -0.25) is 4.79 Å². The number of carbonyl (C=O) groups is 1. The molecule has 26 heavy (non-hydrogen) atoms. The Hall–Kier alpha value is -2.57.